The van der Waals surface area contributed by atoms with Crippen LogP contribution in [-0.2, 0) is 0 Å². The summed E-state index contributed by atoms with van der Waals surface area (Å²) < 4.78 is 0. The van der Waals surface area contributed by atoms with Crippen LogP contribution in [0.5, 0.6) is 0 Å². The Kier molecular flexibility index (Phi) is 3.03. The van der Waals surface area contributed by atoms with Crippen LogP contribution in [0.3, 0.4) is 0 Å². The van der Waals surface area contributed by atoms with Gasteiger partial charge in [0.15, 0.2) is 0 Å². The van der Waals surface area contributed by atoms with Gasteiger partial charge in [-0.15, -0.1) is 0 Å². The summed E-state index contributed by atoms with van der Waals surface area (Å²) in [6.07, 6.45) is 4.11. The predicted octanol–water partition coefficient (Wildman–Crippen LogP) is 4.05. The summed E-state index contributed by atoms with van der Waals surface area (Å²) in [4.78, 5) is 0. The van der Waals surface area contributed by atoms with Gasteiger partial charge in [0.2, 0.25) is 0 Å². The van der Waals surface area contributed by atoms with Gasteiger partial charge in [-0.25, -0.2) is 0 Å². The number of hydrogen-bond donors (Lipinski definition) is 0. The third-order valence-corrected chi connectivity index (χ3v) is 2.76. The van der Waals surface area contributed by atoms with E-state index in [2.05, 4.69) is 19.9 Å². The highest BCUT2D eigenvalue weighted by molar-refractivity contribution is 6.40. The number of halogens is 2. The molecular weight excluding hydrogens is 179 g/mol. The molecule has 0 heterocycles. The molecule has 1 aliphatic carbocycles. The van der Waals surface area contributed by atoms with Gasteiger partial charge in [-0.2, -0.15) is 0 Å². The van der Waals surface area contributed by atoms with E-state index in [1.807, 2.05) is 0 Å². The Morgan fingerprint density at radius 2 is 2.00 bits per heavy atom. The largest absolute Gasteiger partial charge is 0.0875 e. The zero-order valence-electron chi connectivity index (χ0n) is 6.82. The first-order valence-electron chi connectivity index (χ1n) is 3.87. The average molecular weight is 191 g/mol. The van der Waals surface area contributed by atoms with Crippen molar-refractivity contribution in [2.24, 2.45) is 5.92 Å². The summed E-state index contributed by atoms with van der Waals surface area (Å²) in [5.41, 5.74) is 1.20. The Morgan fingerprint density at radius 1 is 1.36 bits per heavy atom. The molecule has 0 nitrogen and oxygen atoms in total. The van der Waals surface area contributed by atoms with Crippen molar-refractivity contribution in [3.8, 4) is 0 Å². The lowest BCUT2D eigenvalue weighted by atomic mass is 9.97. The molecule has 0 N–H and O–H groups in total. The molecule has 1 rings (SSSR count). The van der Waals surface area contributed by atoms with Gasteiger partial charge < -0.3 is 0 Å². The Morgan fingerprint density at radius 3 is 2.45 bits per heavy atom. The van der Waals surface area contributed by atoms with Crippen LogP contribution in [0.4, 0.5) is 0 Å². The molecule has 0 fully saturated rings. The minimum atomic E-state index is 0.483. The van der Waals surface area contributed by atoms with Gasteiger partial charge in [0, 0.05) is 5.03 Å². The van der Waals surface area contributed by atoms with E-state index in [0.29, 0.717) is 5.92 Å². The maximum atomic E-state index is 6.01. The van der Waals surface area contributed by atoms with E-state index >= 15 is 0 Å². The third-order valence-electron chi connectivity index (χ3n) is 1.84. The second-order valence-electron chi connectivity index (χ2n) is 3.07. The molecule has 0 atom stereocenters. The Hall–Kier alpha value is 0.0600. The van der Waals surface area contributed by atoms with E-state index in [-0.39, 0.29) is 0 Å². The average Bonchev–Trinajstić information content (AvgIpc) is 1.94. The third kappa shape index (κ3) is 2.00. The first-order chi connectivity index (χ1) is 5.13. The summed E-state index contributed by atoms with van der Waals surface area (Å²) in [5.74, 6) is 0.483. The first-order valence-corrected chi connectivity index (χ1v) is 4.63. The number of rotatable bonds is 1. The summed E-state index contributed by atoms with van der Waals surface area (Å²) >= 11 is 11.9. The maximum absolute atomic E-state index is 6.01. The van der Waals surface area contributed by atoms with E-state index in [1.165, 1.54) is 5.57 Å². The van der Waals surface area contributed by atoms with Gasteiger partial charge in [0.1, 0.15) is 0 Å². The summed E-state index contributed by atoms with van der Waals surface area (Å²) in [5, 5.41) is 1.59. The minimum absolute atomic E-state index is 0.483. The van der Waals surface area contributed by atoms with Crippen molar-refractivity contribution in [1.82, 2.24) is 0 Å². The van der Waals surface area contributed by atoms with Gasteiger partial charge in [-0.1, -0.05) is 43.1 Å². The molecule has 0 saturated carbocycles. The van der Waals surface area contributed by atoms with Crippen molar-refractivity contribution < 1.29 is 0 Å². The predicted molar refractivity (Wildman–Crippen MR) is 50.9 cm³/mol. The van der Waals surface area contributed by atoms with E-state index in [4.69, 9.17) is 23.2 Å². The molecule has 0 amide bonds. The van der Waals surface area contributed by atoms with Gasteiger partial charge in [0.25, 0.3) is 0 Å². The quantitative estimate of drug-likeness (QED) is 0.586. The second-order valence-corrected chi connectivity index (χ2v) is 3.91. The van der Waals surface area contributed by atoms with Crippen LogP contribution in [0.25, 0.3) is 0 Å². The molecule has 0 spiro atoms. The highest BCUT2D eigenvalue weighted by Crippen LogP contribution is 2.34. The molecule has 0 unspecified atom stereocenters. The van der Waals surface area contributed by atoms with Gasteiger partial charge in [-0.05, 0) is 24.3 Å². The minimum Gasteiger partial charge on any atom is -0.0875 e. The van der Waals surface area contributed by atoms with Crippen molar-refractivity contribution in [2.45, 2.75) is 26.7 Å². The van der Waals surface area contributed by atoms with Crippen LogP contribution in [0.2, 0.25) is 0 Å². The first kappa shape index (κ1) is 9.15. The lowest BCUT2D eigenvalue weighted by Gasteiger charge is -2.16. The van der Waals surface area contributed by atoms with E-state index in [0.717, 1.165) is 22.9 Å². The second kappa shape index (κ2) is 3.64. The molecule has 0 bridgehead atoms. The zero-order chi connectivity index (χ0) is 8.43. The number of hydrogen-bond acceptors (Lipinski definition) is 0. The summed E-state index contributed by atoms with van der Waals surface area (Å²) in [7, 11) is 0. The lowest BCUT2D eigenvalue weighted by Crippen LogP contribution is -1.99. The van der Waals surface area contributed by atoms with Crippen molar-refractivity contribution in [1.29, 1.82) is 0 Å². The van der Waals surface area contributed by atoms with Crippen LogP contribution in [0.1, 0.15) is 26.7 Å². The summed E-state index contributed by atoms with van der Waals surface area (Å²) in [6, 6.07) is 0. The van der Waals surface area contributed by atoms with Crippen LogP contribution in [0, 0.1) is 5.92 Å². The number of allylic oxidation sites excluding steroid dienone is 4. The molecule has 0 aromatic carbocycles. The fourth-order valence-corrected chi connectivity index (χ4v) is 1.81. The van der Waals surface area contributed by atoms with Crippen molar-refractivity contribution >= 4 is 23.2 Å². The van der Waals surface area contributed by atoms with Gasteiger partial charge in [0.05, 0.1) is 5.03 Å². The Balaban J connectivity index is 2.89. The van der Waals surface area contributed by atoms with Crippen molar-refractivity contribution in [3.63, 3.8) is 0 Å². The van der Waals surface area contributed by atoms with E-state index in [1.54, 1.807) is 0 Å². The van der Waals surface area contributed by atoms with Crippen LogP contribution >= 0.6 is 23.2 Å². The standard InChI is InChI=1S/C9H12Cl2/c1-6(2)7-4-3-5-8(10)9(7)11/h4,6H,3,5H2,1-2H3. The molecule has 0 radical (unpaired) electrons. The molecular formula is C9H12Cl2. The molecule has 0 saturated heterocycles. The van der Waals surface area contributed by atoms with Gasteiger partial charge >= 0.3 is 0 Å². The van der Waals surface area contributed by atoms with Crippen molar-refractivity contribution in [3.05, 3.63) is 21.7 Å². The summed E-state index contributed by atoms with van der Waals surface area (Å²) in [6.45, 7) is 4.26. The molecule has 0 aliphatic heterocycles. The molecule has 1 aliphatic rings. The topological polar surface area (TPSA) is 0 Å². The maximum Gasteiger partial charge on any atom is 0.0582 e. The molecule has 0 aromatic rings. The zero-order valence-corrected chi connectivity index (χ0v) is 8.34. The lowest BCUT2D eigenvalue weighted by molar-refractivity contribution is 0.766. The van der Waals surface area contributed by atoms with Crippen LogP contribution in [0.15, 0.2) is 21.7 Å². The normalized spacial score (nSPS) is 19.2. The highest BCUT2D eigenvalue weighted by atomic mass is 35.5. The fraction of sp³-hybridized carbons (Fsp3) is 0.556. The van der Waals surface area contributed by atoms with Gasteiger partial charge in [-0.3, -0.25) is 0 Å². The Bertz CT molecular complexity index is 212. The smallest absolute Gasteiger partial charge is 0.0582 e. The van der Waals surface area contributed by atoms with Crippen molar-refractivity contribution in [2.75, 3.05) is 0 Å². The van der Waals surface area contributed by atoms with Crippen LogP contribution < -0.4 is 0 Å². The Labute approximate surface area is 77.9 Å². The monoisotopic (exact) mass is 190 g/mol. The van der Waals surface area contributed by atoms with Crippen LogP contribution in [-0.4, -0.2) is 0 Å². The molecule has 2 heteroatoms. The molecule has 62 valence electrons. The SMILES string of the molecule is CC(C)C1=CCCC(Cl)=C1Cl. The highest BCUT2D eigenvalue weighted by Gasteiger charge is 2.14. The fourth-order valence-electron chi connectivity index (χ4n) is 1.20. The molecule has 11 heavy (non-hydrogen) atoms. The van der Waals surface area contributed by atoms with E-state index in [9.17, 15) is 0 Å². The molecule has 0 aromatic heterocycles. The van der Waals surface area contributed by atoms with E-state index < -0.39 is 0 Å².